The number of phenols is 1. The van der Waals surface area contributed by atoms with Crippen LogP contribution in [0.4, 0.5) is 17.8 Å². The lowest BCUT2D eigenvalue weighted by atomic mass is 10.2. The Hall–Kier alpha value is -2.50. The van der Waals surface area contributed by atoms with Crippen LogP contribution in [0.5, 0.6) is 5.75 Å². The standard InChI is InChI=1S/C18H22BrN7O3/c19-14-1-2-15(27)13(11-14)12-20-24-16-21-17(25-3-7-28-8-4-25)23-18(22-16)26-5-9-29-10-6-26/h1-2,11-12,27H,3-10H2,(H,21,22,23,24)/b20-12-. The highest BCUT2D eigenvalue weighted by molar-refractivity contribution is 9.10. The van der Waals surface area contributed by atoms with E-state index in [1.165, 1.54) is 6.21 Å². The van der Waals surface area contributed by atoms with Crippen molar-refractivity contribution < 1.29 is 14.6 Å². The SMILES string of the molecule is Oc1ccc(Br)cc1/C=N\Nc1nc(N2CCOCC2)nc(N2CCOCC2)n1. The smallest absolute Gasteiger partial charge is 0.250 e. The minimum Gasteiger partial charge on any atom is -0.507 e. The molecule has 0 spiro atoms. The van der Waals surface area contributed by atoms with Gasteiger partial charge in [-0.2, -0.15) is 20.1 Å². The Morgan fingerprint density at radius 3 is 2.14 bits per heavy atom. The van der Waals surface area contributed by atoms with Crippen LogP contribution < -0.4 is 15.2 Å². The van der Waals surface area contributed by atoms with Crippen molar-refractivity contribution in [3.8, 4) is 5.75 Å². The molecule has 10 nitrogen and oxygen atoms in total. The molecule has 3 heterocycles. The maximum Gasteiger partial charge on any atom is 0.250 e. The molecule has 2 aromatic rings. The van der Waals surface area contributed by atoms with Crippen molar-refractivity contribution in [1.29, 1.82) is 0 Å². The second-order valence-electron chi connectivity index (χ2n) is 6.53. The second-order valence-corrected chi connectivity index (χ2v) is 7.45. The largest absolute Gasteiger partial charge is 0.507 e. The number of anilines is 3. The number of nitrogens with zero attached hydrogens (tertiary/aromatic N) is 6. The zero-order chi connectivity index (χ0) is 20.1. The van der Waals surface area contributed by atoms with E-state index in [0.717, 1.165) is 30.7 Å². The third kappa shape index (κ3) is 5.11. The molecule has 154 valence electrons. The fraction of sp³-hybridized carbons (Fsp3) is 0.444. The van der Waals surface area contributed by atoms with Crippen LogP contribution in [0.1, 0.15) is 5.56 Å². The average molecular weight is 464 g/mol. The lowest BCUT2D eigenvalue weighted by molar-refractivity contribution is 0.121. The van der Waals surface area contributed by atoms with Gasteiger partial charge in [-0.3, -0.25) is 0 Å². The van der Waals surface area contributed by atoms with E-state index in [2.05, 4.69) is 51.2 Å². The highest BCUT2D eigenvalue weighted by Crippen LogP contribution is 2.21. The van der Waals surface area contributed by atoms with Crippen molar-refractivity contribution in [2.45, 2.75) is 0 Å². The summed E-state index contributed by atoms with van der Waals surface area (Å²) in [5, 5.41) is 14.1. The maximum atomic E-state index is 9.94. The van der Waals surface area contributed by atoms with E-state index < -0.39 is 0 Å². The Balaban J connectivity index is 1.57. The molecule has 0 saturated carbocycles. The van der Waals surface area contributed by atoms with Gasteiger partial charge in [-0.25, -0.2) is 5.43 Å². The number of benzene rings is 1. The maximum absolute atomic E-state index is 9.94. The summed E-state index contributed by atoms with van der Waals surface area (Å²) in [5.41, 5.74) is 3.44. The number of rotatable bonds is 5. The molecule has 0 unspecified atom stereocenters. The summed E-state index contributed by atoms with van der Waals surface area (Å²) in [6.45, 7) is 5.46. The van der Waals surface area contributed by atoms with Crippen molar-refractivity contribution >= 4 is 40.0 Å². The topological polar surface area (TPSA) is 108 Å². The van der Waals surface area contributed by atoms with E-state index in [1.807, 2.05) is 0 Å². The summed E-state index contributed by atoms with van der Waals surface area (Å²) >= 11 is 3.38. The summed E-state index contributed by atoms with van der Waals surface area (Å²) in [6, 6.07) is 5.13. The van der Waals surface area contributed by atoms with Crippen molar-refractivity contribution in [2.75, 3.05) is 67.8 Å². The van der Waals surface area contributed by atoms with Crippen LogP contribution in [0, 0.1) is 0 Å². The lowest BCUT2D eigenvalue weighted by Gasteiger charge is -2.30. The van der Waals surface area contributed by atoms with Crippen LogP contribution in [-0.4, -0.2) is 78.9 Å². The zero-order valence-electron chi connectivity index (χ0n) is 15.8. The molecule has 0 radical (unpaired) electrons. The molecule has 0 bridgehead atoms. The van der Waals surface area contributed by atoms with Crippen LogP contribution in [0.25, 0.3) is 0 Å². The number of aromatic hydroxyl groups is 1. The summed E-state index contributed by atoms with van der Waals surface area (Å²) in [4.78, 5) is 17.8. The van der Waals surface area contributed by atoms with Crippen molar-refractivity contribution in [1.82, 2.24) is 15.0 Å². The molecule has 0 amide bonds. The third-order valence-electron chi connectivity index (χ3n) is 4.56. The Kier molecular flexibility index (Phi) is 6.37. The highest BCUT2D eigenvalue weighted by atomic mass is 79.9. The number of aromatic nitrogens is 3. The van der Waals surface area contributed by atoms with E-state index in [9.17, 15) is 5.11 Å². The number of hydrogen-bond donors (Lipinski definition) is 2. The molecule has 4 rings (SSSR count). The number of nitrogens with one attached hydrogen (secondary N) is 1. The van der Waals surface area contributed by atoms with Crippen LogP contribution in [0.3, 0.4) is 0 Å². The molecule has 11 heteroatoms. The van der Waals surface area contributed by atoms with Crippen LogP contribution in [0.15, 0.2) is 27.8 Å². The van der Waals surface area contributed by atoms with Gasteiger partial charge in [-0.1, -0.05) is 15.9 Å². The van der Waals surface area contributed by atoms with E-state index >= 15 is 0 Å². The normalized spacial score (nSPS) is 17.7. The van der Waals surface area contributed by atoms with Crippen molar-refractivity contribution in [3.05, 3.63) is 28.2 Å². The van der Waals surface area contributed by atoms with E-state index in [4.69, 9.17) is 9.47 Å². The molecule has 2 N–H and O–H groups in total. The quantitative estimate of drug-likeness (QED) is 0.502. The second kappa shape index (κ2) is 9.33. The van der Waals surface area contributed by atoms with Gasteiger partial charge in [0.2, 0.25) is 17.8 Å². The number of hydrazone groups is 1. The molecule has 2 saturated heterocycles. The summed E-state index contributed by atoms with van der Waals surface area (Å²) in [5.74, 6) is 1.66. The van der Waals surface area contributed by atoms with Crippen molar-refractivity contribution in [3.63, 3.8) is 0 Å². The van der Waals surface area contributed by atoms with Gasteiger partial charge in [0, 0.05) is 36.2 Å². The van der Waals surface area contributed by atoms with Gasteiger partial charge in [0.1, 0.15) is 5.75 Å². The molecule has 2 aliphatic rings. The molecular weight excluding hydrogens is 442 g/mol. The van der Waals surface area contributed by atoms with Crippen LogP contribution >= 0.6 is 15.9 Å². The lowest BCUT2D eigenvalue weighted by Crippen LogP contribution is -2.40. The van der Waals surface area contributed by atoms with Gasteiger partial charge in [-0.05, 0) is 18.2 Å². The van der Waals surface area contributed by atoms with Gasteiger partial charge in [0.25, 0.3) is 0 Å². The Morgan fingerprint density at radius 1 is 0.966 bits per heavy atom. The molecule has 2 aliphatic heterocycles. The van der Waals surface area contributed by atoms with Crippen LogP contribution in [-0.2, 0) is 9.47 Å². The molecule has 29 heavy (non-hydrogen) atoms. The predicted molar refractivity (Wildman–Crippen MR) is 113 cm³/mol. The van der Waals surface area contributed by atoms with Gasteiger partial charge in [-0.15, -0.1) is 0 Å². The first-order valence-corrected chi connectivity index (χ1v) is 10.2. The number of phenolic OH excluding ortho intramolecular Hbond substituents is 1. The molecule has 1 aromatic heterocycles. The molecule has 0 atom stereocenters. The zero-order valence-corrected chi connectivity index (χ0v) is 17.4. The summed E-state index contributed by atoms with van der Waals surface area (Å²) in [7, 11) is 0. The number of ether oxygens (including phenoxy) is 2. The van der Waals surface area contributed by atoms with Gasteiger partial charge in [0.15, 0.2) is 0 Å². The monoisotopic (exact) mass is 463 g/mol. The number of hydrogen-bond acceptors (Lipinski definition) is 10. The molecule has 2 fully saturated rings. The van der Waals surface area contributed by atoms with E-state index in [0.29, 0.717) is 49.8 Å². The highest BCUT2D eigenvalue weighted by Gasteiger charge is 2.20. The average Bonchev–Trinajstić information content (AvgIpc) is 2.77. The molecule has 0 aliphatic carbocycles. The minimum atomic E-state index is 0.136. The fourth-order valence-corrected chi connectivity index (χ4v) is 3.38. The first-order valence-electron chi connectivity index (χ1n) is 9.38. The Morgan fingerprint density at radius 2 is 1.55 bits per heavy atom. The van der Waals surface area contributed by atoms with Crippen molar-refractivity contribution in [2.24, 2.45) is 5.10 Å². The summed E-state index contributed by atoms with van der Waals surface area (Å²) in [6.07, 6.45) is 1.52. The van der Waals surface area contributed by atoms with Gasteiger partial charge >= 0.3 is 0 Å². The number of halogens is 1. The molecular formula is C18H22BrN7O3. The Labute approximate surface area is 176 Å². The van der Waals surface area contributed by atoms with E-state index in [1.54, 1.807) is 18.2 Å². The predicted octanol–water partition coefficient (Wildman–Crippen LogP) is 1.46. The van der Waals surface area contributed by atoms with E-state index in [-0.39, 0.29) is 5.75 Å². The molecule has 1 aromatic carbocycles. The summed E-state index contributed by atoms with van der Waals surface area (Å²) < 4.78 is 11.7. The van der Waals surface area contributed by atoms with Gasteiger partial charge < -0.3 is 24.4 Å². The fourth-order valence-electron chi connectivity index (χ4n) is 3.00. The first kappa shape index (κ1) is 19.8. The Bertz CT molecular complexity index is 834. The minimum absolute atomic E-state index is 0.136. The number of morpholine rings is 2. The van der Waals surface area contributed by atoms with Crippen LogP contribution in [0.2, 0.25) is 0 Å². The van der Waals surface area contributed by atoms with Gasteiger partial charge in [0.05, 0.1) is 32.6 Å². The first-order chi connectivity index (χ1) is 14.2. The third-order valence-corrected chi connectivity index (χ3v) is 5.05.